The smallest absolute Gasteiger partial charge is 0.251 e. The predicted octanol–water partition coefficient (Wildman–Crippen LogP) is 3.89. The fraction of sp³-hybridized carbons (Fsp3) is 0.278. The highest BCUT2D eigenvalue weighted by Gasteiger charge is 2.15. The summed E-state index contributed by atoms with van der Waals surface area (Å²) in [6.07, 6.45) is 0. The van der Waals surface area contributed by atoms with Gasteiger partial charge < -0.3 is 10.1 Å². The zero-order valence-electron chi connectivity index (χ0n) is 12.9. The van der Waals surface area contributed by atoms with Crippen LogP contribution in [0.2, 0.25) is 0 Å². The summed E-state index contributed by atoms with van der Waals surface area (Å²) in [5.74, 6) is 0.740. The number of carbonyl (C=O) groups is 1. The molecule has 21 heavy (non-hydrogen) atoms. The quantitative estimate of drug-likeness (QED) is 0.928. The van der Waals surface area contributed by atoms with Gasteiger partial charge >= 0.3 is 0 Å². The third-order valence-electron chi connectivity index (χ3n) is 3.02. The fourth-order valence-corrected chi connectivity index (χ4v) is 2.06. The molecule has 0 aliphatic carbocycles. The Bertz CT molecular complexity index is 642. The first-order valence-electron chi connectivity index (χ1n) is 6.96. The molecule has 0 aromatic heterocycles. The first-order chi connectivity index (χ1) is 9.89. The highest BCUT2D eigenvalue weighted by Crippen LogP contribution is 2.24. The Morgan fingerprint density at radius 2 is 1.62 bits per heavy atom. The summed E-state index contributed by atoms with van der Waals surface area (Å²) in [5.41, 5.74) is 2.43. The zero-order chi connectivity index (χ0) is 15.5. The molecule has 1 N–H and O–H groups in total. The Morgan fingerprint density at radius 3 is 2.24 bits per heavy atom. The van der Waals surface area contributed by atoms with Crippen LogP contribution < -0.4 is 10.1 Å². The lowest BCUT2D eigenvalue weighted by Gasteiger charge is -2.20. The van der Waals surface area contributed by atoms with Gasteiger partial charge in [0, 0.05) is 11.1 Å². The Labute approximate surface area is 126 Å². The van der Waals surface area contributed by atoms with Gasteiger partial charge in [0.15, 0.2) is 0 Å². The zero-order valence-corrected chi connectivity index (χ0v) is 12.9. The van der Waals surface area contributed by atoms with Crippen LogP contribution in [0.3, 0.4) is 0 Å². The van der Waals surface area contributed by atoms with E-state index in [1.807, 2.05) is 69.3 Å². The van der Waals surface area contributed by atoms with Gasteiger partial charge in [0.25, 0.3) is 5.91 Å². The van der Waals surface area contributed by atoms with Gasteiger partial charge in [0.1, 0.15) is 5.75 Å². The molecule has 0 atom stereocenters. The number of carbonyl (C=O) groups excluding carboxylic acids is 1. The third kappa shape index (κ3) is 4.09. The molecule has 0 aliphatic heterocycles. The predicted molar refractivity (Wildman–Crippen MR) is 85.6 cm³/mol. The lowest BCUT2D eigenvalue weighted by atomic mass is 10.0. The minimum absolute atomic E-state index is 0.0627. The van der Waals surface area contributed by atoms with E-state index in [1.54, 1.807) is 7.11 Å². The highest BCUT2D eigenvalue weighted by atomic mass is 16.5. The van der Waals surface area contributed by atoms with E-state index < -0.39 is 0 Å². The molecule has 0 radical (unpaired) electrons. The van der Waals surface area contributed by atoms with Crippen molar-refractivity contribution >= 4 is 5.91 Å². The van der Waals surface area contributed by atoms with Crippen LogP contribution in [0.4, 0.5) is 0 Å². The normalized spacial score (nSPS) is 11.0. The molecule has 0 aliphatic rings. The standard InChI is InChI=1S/C18H21NO2/c1-18(2,3)19-17(20)15-9-5-7-13(11-15)14-8-6-10-16(12-14)21-4/h5-12H,1-4H3,(H,19,20). The molecule has 3 nitrogen and oxygen atoms in total. The first kappa shape index (κ1) is 15.1. The van der Waals surface area contributed by atoms with E-state index in [4.69, 9.17) is 4.74 Å². The molecule has 0 unspecified atom stereocenters. The maximum atomic E-state index is 12.2. The minimum Gasteiger partial charge on any atom is -0.497 e. The van der Waals surface area contributed by atoms with Crippen LogP contribution >= 0.6 is 0 Å². The van der Waals surface area contributed by atoms with Crippen LogP contribution in [0.5, 0.6) is 5.75 Å². The summed E-state index contributed by atoms with van der Waals surface area (Å²) in [4.78, 5) is 12.2. The second-order valence-corrected chi connectivity index (χ2v) is 6.02. The molecule has 1 amide bonds. The van der Waals surface area contributed by atoms with Crippen molar-refractivity contribution in [3.8, 4) is 16.9 Å². The summed E-state index contributed by atoms with van der Waals surface area (Å²) in [7, 11) is 1.65. The maximum Gasteiger partial charge on any atom is 0.251 e. The molecule has 3 heteroatoms. The minimum atomic E-state index is -0.247. The Kier molecular flexibility index (Phi) is 4.32. The monoisotopic (exact) mass is 283 g/mol. The molecule has 2 aromatic rings. The van der Waals surface area contributed by atoms with Crippen LogP contribution in [-0.4, -0.2) is 18.6 Å². The van der Waals surface area contributed by atoms with Crippen LogP contribution in [-0.2, 0) is 0 Å². The largest absolute Gasteiger partial charge is 0.497 e. The van der Waals surface area contributed by atoms with E-state index in [1.165, 1.54) is 0 Å². The summed E-state index contributed by atoms with van der Waals surface area (Å²) >= 11 is 0. The Morgan fingerprint density at radius 1 is 1.00 bits per heavy atom. The molecule has 0 spiro atoms. The highest BCUT2D eigenvalue weighted by molar-refractivity contribution is 5.95. The van der Waals surface area contributed by atoms with Crippen molar-refractivity contribution in [2.24, 2.45) is 0 Å². The van der Waals surface area contributed by atoms with E-state index in [0.29, 0.717) is 5.56 Å². The molecule has 2 rings (SSSR count). The summed E-state index contributed by atoms with van der Waals surface area (Å²) in [6, 6.07) is 15.4. The average Bonchev–Trinajstić information content (AvgIpc) is 2.46. The average molecular weight is 283 g/mol. The summed E-state index contributed by atoms with van der Waals surface area (Å²) in [5, 5.41) is 2.97. The van der Waals surface area contributed by atoms with Crippen molar-refractivity contribution in [2.75, 3.05) is 7.11 Å². The van der Waals surface area contributed by atoms with Gasteiger partial charge in [-0.05, 0) is 56.2 Å². The van der Waals surface area contributed by atoms with Crippen molar-refractivity contribution < 1.29 is 9.53 Å². The Balaban J connectivity index is 2.31. The summed E-state index contributed by atoms with van der Waals surface area (Å²) in [6.45, 7) is 5.91. The number of methoxy groups -OCH3 is 1. The number of hydrogen-bond donors (Lipinski definition) is 1. The van der Waals surface area contributed by atoms with Crippen molar-refractivity contribution in [1.29, 1.82) is 0 Å². The van der Waals surface area contributed by atoms with Gasteiger partial charge in [0.2, 0.25) is 0 Å². The third-order valence-corrected chi connectivity index (χ3v) is 3.02. The van der Waals surface area contributed by atoms with E-state index in [2.05, 4.69) is 5.32 Å². The fourth-order valence-electron chi connectivity index (χ4n) is 2.06. The number of ether oxygens (including phenoxy) is 1. The molecule has 0 saturated carbocycles. The molecule has 110 valence electrons. The number of benzene rings is 2. The topological polar surface area (TPSA) is 38.3 Å². The second-order valence-electron chi connectivity index (χ2n) is 6.02. The van der Waals surface area contributed by atoms with Gasteiger partial charge in [-0.15, -0.1) is 0 Å². The van der Waals surface area contributed by atoms with Crippen LogP contribution in [0.15, 0.2) is 48.5 Å². The number of amides is 1. The van der Waals surface area contributed by atoms with E-state index in [9.17, 15) is 4.79 Å². The first-order valence-corrected chi connectivity index (χ1v) is 6.96. The molecule has 0 bridgehead atoms. The lowest BCUT2D eigenvalue weighted by molar-refractivity contribution is 0.0919. The van der Waals surface area contributed by atoms with Gasteiger partial charge in [-0.3, -0.25) is 4.79 Å². The van der Waals surface area contributed by atoms with Crippen molar-refractivity contribution in [2.45, 2.75) is 26.3 Å². The molecule has 0 heterocycles. The van der Waals surface area contributed by atoms with Gasteiger partial charge in [-0.2, -0.15) is 0 Å². The number of nitrogens with one attached hydrogen (secondary N) is 1. The number of hydrogen-bond acceptors (Lipinski definition) is 2. The van der Waals surface area contributed by atoms with Crippen molar-refractivity contribution in [3.63, 3.8) is 0 Å². The second kappa shape index (κ2) is 6.00. The van der Waals surface area contributed by atoms with Crippen molar-refractivity contribution in [1.82, 2.24) is 5.32 Å². The van der Waals surface area contributed by atoms with Crippen LogP contribution in [0.25, 0.3) is 11.1 Å². The summed E-state index contributed by atoms with van der Waals surface area (Å²) < 4.78 is 5.24. The van der Waals surface area contributed by atoms with Gasteiger partial charge in [-0.25, -0.2) is 0 Å². The van der Waals surface area contributed by atoms with Crippen molar-refractivity contribution in [3.05, 3.63) is 54.1 Å². The molecular formula is C18H21NO2. The maximum absolute atomic E-state index is 12.2. The van der Waals surface area contributed by atoms with Gasteiger partial charge in [-0.1, -0.05) is 24.3 Å². The van der Waals surface area contributed by atoms with Crippen LogP contribution in [0, 0.1) is 0 Å². The van der Waals surface area contributed by atoms with E-state index in [0.717, 1.165) is 16.9 Å². The molecule has 0 fully saturated rings. The van der Waals surface area contributed by atoms with E-state index in [-0.39, 0.29) is 11.4 Å². The molecular weight excluding hydrogens is 262 g/mol. The molecule has 2 aromatic carbocycles. The molecule has 0 saturated heterocycles. The SMILES string of the molecule is COc1cccc(-c2cccc(C(=O)NC(C)(C)C)c2)c1. The number of rotatable bonds is 3. The van der Waals surface area contributed by atoms with Crippen LogP contribution in [0.1, 0.15) is 31.1 Å². The Hall–Kier alpha value is -2.29. The van der Waals surface area contributed by atoms with E-state index >= 15 is 0 Å². The lowest BCUT2D eigenvalue weighted by Crippen LogP contribution is -2.40. The van der Waals surface area contributed by atoms with Gasteiger partial charge in [0.05, 0.1) is 7.11 Å².